The van der Waals surface area contributed by atoms with Crippen molar-refractivity contribution in [2.75, 3.05) is 24.6 Å². The van der Waals surface area contributed by atoms with Gasteiger partial charge in [0, 0.05) is 37.4 Å². The van der Waals surface area contributed by atoms with Crippen molar-refractivity contribution in [3.8, 4) is 0 Å². The van der Waals surface area contributed by atoms with Gasteiger partial charge in [-0.05, 0) is 19.4 Å². The SMILES string of the molecule is Cc1ccnc(N2CCC(CO)C2)c1[N+](=O)[O-]. The van der Waals surface area contributed by atoms with Gasteiger partial charge in [0.15, 0.2) is 0 Å². The smallest absolute Gasteiger partial charge is 0.314 e. The molecule has 1 aliphatic heterocycles. The molecule has 1 aliphatic rings. The van der Waals surface area contributed by atoms with Crippen molar-refractivity contribution in [1.82, 2.24) is 4.98 Å². The van der Waals surface area contributed by atoms with Crippen LogP contribution < -0.4 is 4.90 Å². The maximum Gasteiger partial charge on any atom is 0.314 e. The Morgan fingerprint density at radius 2 is 2.47 bits per heavy atom. The Hall–Kier alpha value is -1.69. The van der Waals surface area contributed by atoms with E-state index >= 15 is 0 Å². The molecule has 1 unspecified atom stereocenters. The van der Waals surface area contributed by atoms with Gasteiger partial charge in [0.2, 0.25) is 5.82 Å². The standard InChI is InChI=1S/C11H15N3O3/c1-8-2-4-12-11(10(8)14(16)17)13-5-3-9(6-13)7-15/h2,4,9,15H,3,5-7H2,1H3. The summed E-state index contributed by atoms with van der Waals surface area (Å²) in [5, 5.41) is 20.1. The molecular formula is C11H15N3O3. The highest BCUT2D eigenvalue weighted by molar-refractivity contribution is 5.61. The third kappa shape index (κ3) is 2.21. The van der Waals surface area contributed by atoms with E-state index in [0.717, 1.165) is 6.42 Å². The molecule has 0 amide bonds. The zero-order valence-electron chi connectivity index (χ0n) is 9.67. The van der Waals surface area contributed by atoms with Crippen LogP contribution in [0.1, 0.15) is 12.0 Å². The number of aryl methyl sites for hydroxylation is 1. The number of aromatic nitrogens is 1. The number of rotatable bonds is 3. The van der Waals surface area contributed by atoms with Crippen LogP contribution in [0.5, 0.6) is 0 Å². The highest BCUT2D eigenvalue weighted by Crippen LogP contribution is 2.32. The summed E-state index contributed by atoms with van der Waals surface area (Å²) in [6, 6.07) is 1.64. The first-order chi connectivity index (χ1) is 8.13. The number of nitrogens with zero attached hydrogens (tertiary/aromatic N) is 3. The number of aliphatic hydroxyl groups is 1. The lowest BCUT2D eigenvalue weighted by Gasteiger charge is -2.17. The van der Waals surface area contributed by atoms with Crippen LogP contribution in [0.2, 0.25) is 0 Å². The average Bonchev–Trinajstić information content (AvgIpc) is 2.76. The third-order valence-corrected chi connectivity index (χ3v) is 3.13. The van der Waals surface area contributed by atoms with Crippen molar-refractivity contribution in [2.24, 2.45) is 5.92 Å². The minimum absolute atomic E-state index is 0.0751. The molecule has 1 fully saturated rings. The Labute approximate surface area is 99.0 Å². The lowest BCUT2D eigenvalue weighted by molar-refractivity contribution is -0.384. The monoisotopic (exact) mass is 237 g/mol. The first-order valence-electron chi connectivity index (χ1n) is 5.59. The summed E-state index contributed by atoms with van der Waals surface area (Å²) in [6.45, 7) is 3.18. The quantitative estimate of drug-likeness (QED) is 0.629. The highest BCUT2D eigenvalue weighted by atomic mass is 16.6. The molecule has 2 heterocycles. The molecule has 0 spiro atoms. The van der Waals surface area contributed by atoms with Crippen molar-refractivity contribution in [3.63, 3.8) is 0 Å². The van der Waals surface area contributed by atoms with Crippen LogP contribution in [0.15, 0.2) is 12.3 Å². The van der Waals surface area contributed by atoms with E-state index < -0.39 is 0 Å². The lowest BCUT2D eigenvalue weighted by Crippen LogP contribution is -2.23. The van der Waals surface area contributed by atoms with Gasteiger partial charge in [-0.2, -0.15) is 0 Å². The van der Waals surface area contributed by atoms with Crippen molar-refractivity contribution >= 4 is 11.5 Å². The Morgan fingerprint density at radius 1 is 1.71 bits per heavy atom. The van der Waals surface area contributed by atoms with Crippen LogP contribution in [-0.2, 0) is 0 Å². The molecule has 6 nitrogen and oxygen atoms in total. The van der Waals surface area contributed by atoms with Gasteiger partial charge in [0.1, 0.15) is 0 Å². The van der Waals surface area contributed by atoms with Gasteiger partial charge < -0.3 is 10.0 Å². The molecule has 1 N–H and O–H groups in total. The van der Waals surface area contributed by atoms with Crippen LogP contribution >= 0.6 is 0 Å². The third-order valence-electron chi connectivity index (χ3n) is 3.13. The van der Waals surface area contributed by atoms with E-state index in [4.69, 9.17) is 5.11 Å². The number of nitro groups is 1. The molecule has 2 rings (SSSR count). The summed E-state index contributed by atoms with van der Waals surface area (Å²) in [7, 11) is 0. The first kappa shape index (κ1) is 11.8. The Morgan fingerprint density at radius 3 is 3.06 bits per heavy atom. The maximum absolute atomic E-state index is 11.0. The van der Waals surface area contributed by atoms with Crippen LogP contribution in [0, 0.1) is 23.0 Å². The fourth-order valence-corrected chi connectivity index (χ4v) is 2.17. The molecule has 1 atom stereocenters. The van der Waals surface area contributed by atoms with E-state index in [0.29, 0.717) is 24.5 Å². The maximum atomic E-state index is 11.0. The van der Waals surface area contributed by atoms with Gasteiger partial charge >= 0.3 is 5.69 Å². The molecule has 6 heteroatoms. The number of aliphatic hydroxyl groups excluding tert-OH is 1. The van der Waals surface area contributed by atoms with Gasteiger partial charge in [-0.25, -0.2) is 4.98 Å². The summed E-state index contributed by atoms with van der Waals surface area (Å²) < 4.78 is 0. The summed E-state index contributed by atoms with van der Waals surface area (Å²) in [4.78, 5) is 16.7. The number of hydrogen-bond acceptors (Lipinski definition) is 5. The van der Waals surface area contributed by atoms with Gasteiger partial charge in [0.05, 0.1) is 4.92 Å². The van der Waals surface area contributed by atoms with Crippen molar-refractivity contribution in [3.05, 3.63) is 27.9 Å². The lowest BCUT2D eigenvalue weighted by atomic mass is 10.1. The van der Waals surface area contributed by atoms with Crippen LogP contribution in [0.3, 0.4) is 0 Å². The summed E-state index contributed by atoms with van der Waals surface area (Å²) in [5.41, 5.74) is 0.693. The Bertz CT molecular complexity index is 436. The molecule has 0 aromatic carbocycles. The molecule has 0 aliphatic carbocycles. The molecule has 1 aromatic heterocycles. The van der Waals surface area contributed by atoms with Crippen LogP contribution in [0.4, 0.5) is 11.5 Å². The van der Waals surface area contributed by atoms with Gasteiger partial charge in [-0.3, -0.25) is 10.1 Å². The Balaban J connectivity index is 2.33. The number of hydrogen-bond donors (Lipinski definition) is 1. The fraction of sp³-hybridized carbons (Fsp3) is 0.545. The summed E-state index contributed by atoms with van der Waals surface area (Å²) in [5.74, 6) is 0.614. The summed E-state index contributed by atoms with van der Waals surface area (Å²) >= 11 is 0. The largest absolute Gasteiger partial charge is 0.396 e. The molecule has 1 saturated heterocycles. The predicted molar refractivity (Wildman–Crippen MR) is 63.0 cm³/mol. The van der Waals surface area contributed by atoms with E-state index in [1.807, 2.05) is 4.90 Å². The van der Waals surface area contributed by atoms with E-state index in [1.54, 1.807) is 19.2 Å². The van der Waals surface area contributed by atoms with E-state index in [9.17, 15) is 10.1 Å². The molecule has 17 heavy (non-hydrogen) atoms. The van der Waals surface area contributed by atoms with Gasteiger partial charge in [0.25, 0.3) is 0 Å². The molecular weight excluding hydrogens is 222 g/mol. The van der Waals surface area contributed by atoms with Gasteiger partial charge in [-0.15, -0.1) is 0 Å². The van der Waals surface area contributed by atoms with E-state index in [2.05, 4.69) is 4.98 Å². The predicted octanol–water partition coefficient (Wildman–Crippen LogP) is 1.12. The Kier molecular flexibility index (Phi) is 3.23. The minimum atomic E-state index is -0.385. The number of pyridine rings is 1. The second kappa shape index (κ2) is 4.67. The second-order valence-corrected chi connectivity index (χ2v) is 4.34. The first-order valence-corrected chi connectivity index (χ1v) is 5.59. The zero-order valence-corrected chi connectivity index (χ0v) is 9.67. The van der Waals surface area contributed by atoms with E-state index in [-0.39, 0.29) is 23.1 Å². The van der Waals surface area contributed by atoms with Crippen LogP contribution in [-0.4, -0.2) is 34.7 Å². The number of anilines is 1. The van der Waals surface area contributed by atoms with Gasteiger partial charge in [-0.1, -0.05) is 0 Å². The minimum Gasteiger partial charge on any atom is -0.396 e. The zero-order chi connectivity index (χ0) is 12.4. The second-order valence-electron chi connectivity index (χ2n) is 4.34. The van der Waals surface area contributed by atoms with E-state index in [1.165, 1.54) is 0 Å². The van der Waals surface area contributed by atoms with Crippen molar-refractivity contribution < 1.29 is 10.0 Å². The van der Waals surface area contributed by atoms with Crippen molar-refractivity contribution in [2.45, 2.75) is 13.3 Å². The molecule has 0 radical (unpaired) electrons. The summed E-state index contributed by atoms with van der Waals surface area (Å²) in [6.07, 6.45) is 2.44. The topological polar surface area (TPSA) is 79.5 Å². The molecule has 92 valence electrons. The van der Waals surface area contributed by atoms with Crippen LogP contribution in [0.25, 0.3) is 0 Å². The normalized spacial score (nSPS) is 19.6. The average molecular weight is 237 g/mol. The molecule has 0 bridgehead atoms. The fourth-order valence-electron chi connectivity index (χ4n) is 2.17. The molecule has 0 saturated carbocycles. The molecule has 1 aromatic rings. The van der Waals surface area contributed by atoms with Crippen molar-refractivity contribution in [1.29, 1.82) is 0 Å². The highest BCUT2D eigenvalue weighted by Gasteiger charge is 2.29.